The van der Waals surface area contributed by atoms with Crippen molar-refractivity contribution in [2.45, 2.75) is 26.4 Å². The number of morpholine rings is 1. The highest BCUT2D eigenvalue weighted by Crippen LogP contribution is 2.13. The number of ether oxygens (including phenoxy) is 1. The quantitative estimate of drug-likeness (QED) is 0.682. The van der Waals surface area contributed by atoms with Gasteiger partial charge in [0.05, 0.1) is 19.8 Å². The van der Waals surface area contributed by atoms with Crippen LogP contribution in [0.2, 0.25) is 0 Å². The summed E-state index contributed by atoms with van der Waals surface area (Å²) >= 11 is 0. The van der Waals surface area contributed by atoms with Crippen molar-refractivity contribution in [3.8, 4) is 0 Å². The van der Waals surface area contributed by atoms with Gasteiger partial charge in [0.25, 0.3) is 0 Å². The van der Waals surface area contributed by atoms with Crippen LogP contribution in [0.4, 0.5) is 16.7 Å². The van der Waals surface area contributed by atoms with Crippen LogP contribution in [0.1, 0.15) is 19.7 Å². The lowest BCUT2D eigenvalue weighted by atomic mass is 10.4. The molecule has 1 aliphatic heterocycles. The summed E-state index contributed by atoms with van der Waals surface area (Å²) in [7, 11) is 0. The van der Waals surface area contributed by atoms with E-state index in [0.717, 1.165) is 13.1 Å². The molecule has 1 saturated heterocycles. The molecule has 1 aromatic heterocycles. The first-order chi connectivity index (χ1) is 10.0. The van der Waals surface area contributed by atoms with Crippen LogP contribution in [-0.4, -0.2) is 53.3 Å². The van der Waals surface area contributed by atoms with Gasteiger partial charge < -0.3 is 26.0 Å². The number of hydrogen-bond donors (Lipinski definition) is 3. The number of nitrogens with one attached hydrogen (secondary N) is 2. The standard InChI is InChI=1S/C12H21N7O2/c1-8(2)15-11-16-9(7-14-10(13)20)17-12(18-11)19-3-5-21-6-4-19/h8H,3-7H2,1-2H3,(H3,13,14,20)(H,15,16,17,18). The molecule has 116 valence electrons. The molecule has 21 heavy (non-hydrogen) atoms. The first kappa shape index (κ1) is 15.2. The van der Waals surface area contributed by atoms with E-state index >= 15 is 0 Å². The Balaban J connectivity index is 2.20. The summed E-state index contributed by atoms with van der Waals surface area (Å²) in [6.45, 7) is 6.92. The molecule has 4 N–H and O–H groups in total. The molecule has 0 spiro atoms. The van der Waals surface area contributed by atoms with Gasteiger partial charge in [0.1, 0.15) is 0 Å². The lowest BCUT2D eigenvalue weighted by Gasteiger charge is -2.27. The molecule has 0 atom stereocenters. The van der Waals surface area contributed by atoms with Crippen molar-refractivity contribution in [1.29, 1.82) is 0 Å². The van der Waals surface area contributed by atoms with Gasteiger partial charge in [-0.2, -0.15) is 15.0 Å². The second-order valence-corrected chi connectivity index (χ2v) is 4.99. The third-order valence-electron chi connectivity index (χ3n) is 2.80. The Morgan fingerprint density at radius 2 is 2.05 bits per heavy atom. The molecule has 0 aromatic carbocycles. The summed E-state index contributed by atoms with van der Waals surface area (Å²) in [4.78, 5) is 25.9. The third kappa shape index (κ3) is 4.71. The SMILES string of the molecule is CC(C)Nc1nc(CNC(N)=O)nc(N2CCOCC2)n1. The molecule has 0 radical (unpaired) electrons. The molecule has 0 bridgehead atoms. The Morgan fingerprint density at radius 3 is 2.67 bits per heavy atom. The number of hydrogen-bond acceptors (Lipinski definition) is 7. The van der Waals surface area contributed by atoms with E-state index in [1.807, 2.05) is 18.7 Å². The van der Waals surface area contributed by atoms with Gasteiger partial charge in [-0.15, -0.1) is 0 Å². The number of carbonyl (C=O) groups excluding carboxylic acids is 1. The highest BCUT2D eigenvalue weighted by molar-refractivity contribution is 5.71. The highest BCUT2D eigenvalue weighted by atomic mass is 16.5. The summed E-state index contributed by atoms with van der Waals surface area (Å²) in [5.41, 5.74) is 5.08. The van der Waals surface area contributed by atoms with Crippen LogP contribution in [0.15, 0.2) is 0 Å². The zero-order valence-electron chi connectivity index (χ0n) is 12.3. The Bertz CT molecular complexity index is 488. The normalized spacial score (nSPS) is 15.1. The second kappa shape index (κ2) is 7.02. The molecule has 1 aromatic rings. The second-order valence-electron chi connectivity index (χ2n) is 4.99. The molecule has 1 fully saturated rings. The summed E-state index contributed by atoms with van der Waals surface area (Å²) in [5.74, 6) is 1.54. The zero-order valence-corrected chi connectivity index (χ0v) is 12.3. The molecule has 9 nitrogen and oxygen atoms in total. The van der Waals surface area contributed by atoms with E-state index in [4.69, 9.17) is 10.5 Å². The number of anilines is 2. The van der Waals surface area contributed by atoms with Gasteiger partial charge in [0.2, 0.25) is 11.9 Å². The van der Waals surface area contributed by atoms with Crippen molar-refractivity contribution in [3.63, 3.8) is 0 Å². The molecule has 2 rings (SSSR count). The average molecular weight is 295 g/mol. The van der Waals surface area contributed by atoms with Gasteiger partial charge in [-0.25, -0.2) is 4.79 Å². The fourth-order valence-corrected chi connectivity index (χ4v) is 1.88. The van der Waals surface area contributed by atoms with Crippen LogP contribution >= 0.6 is 0 Å². The predicted octanol–water partition coefficient (Wildman–Crippen LogP) is -0.303. The van der Waals surface area contributed by atoms with Gasteiger partial charge >= 0.3 is 6.03 Å². The Kier molecular flexibility index (Phi) is 5.09. The van der Waals surface area contributed by atoms with Crippen molar-refractivity contribution >= 4 is 17.9 Å². The van der Waals surface area contributed by atoms with E-state index in [1.54, 1.807) is 0 Å². The molecule has 0 unspecified atom stereocenters. The maximum Gasteiger partial charge on any atom is 0.312 e. The number of aromatic nitrogens is 3. The Morgan fingerprint density at radius 1 is 1.33 bits per heavy atom. The van der Waals surface area contributed by atoms with E-state index in [1.165, 1.54) is 0 Å². The fraction of sp³-hybridized carbons (Fsp3) is 0.667. The Hall–Kier alpha value is -2.16. The van der Waals surface area contributed by atoms with Gasteiger partial charge in [0, 0.05) is 19.1 Å². The number of rotatable bonds is 5. The maximum atomic E-state index is 10.8. The minimum absolute atomic E-state index is 0.169. The maximum absolute atomic E-state index is 10.8. The van der Waals surface area contributed by atoms with Gasteiger partial charge in [0.15, 0.2) is 5.82 Å². The van der Waals surface area contributed by atoms with Crippen molar-refractivity contribution < 1.29 is 9.53 Å². The first-order valence-corrected chi connectivity index (χ1v) is 6.92. The lowest BCUT2D eigenvalue weighted by molar-refractivity contribution is 0.122. The van der Waals surface area contributed by atoms with Crippen molar-refractivity contribution in [1.82, 2.24) is 20.3 Å². The topological polar surface area (TPSA) is 118 Å². The molecule has 0 aliphatic carbocycles. The largest absolute Gasteiger partial charge is 0.378 e. The minimum Gasteiger partial charge on any atom is -0.378 e. The van der Waals surface area contributed by atoms with Crippen LogP contribution in [0, 0.1) is 0 Å². The molecule has 1 aliphatic rings. The third-order valence-corrected chi connectivity index (χ3v) is 2.80. The monoisotopic (exact) mass is 295 g/mol. The summed E-state index contributed by atoms with van der Waals surface area (Å²) < 4.78 is 5.32. The molecular weight excluding hydrogens is 274 g/mol. The van der Waals surface area contributed by atoms with Gasteiger partial charge in [-0.1, -0.05) is 0 Å². The summed E-state index contributed by atoms with van der Waals surface area (Å²) in [6.07, 6.45) is 0. The minimum atomic E-state index is -0.610. The molecule has 9 heteroatoms. The fourth-order valence-electron chi connectivity index (χ4n) is 1.88. The lowest BCUT2D eigenvalue weighted by Crippen LogP contribution is -2.38. The van der Waals surface area contributed by atoms with E-state index in [9.17, 15) is 4.79 Å². The molecule has 0 saturated carbocycles. The van der Waals surface area contributed by atoms with Crippen LogP contribution < -0.4 is 21.3 Å². The molecular formula is C12H21N7O2. The van der Waals surface area contributed by atoms with Crippen LogP contribution in [0.5, 0.6) is 0 Å². The smallest absolute Gasteiger partial charge is 0.312 e. The van der Waals surface area contributed by atoms with Crippen molar-refractivity contribution in [2.75, 3.05) is 36.5 Å². The summed E-state index contributed by atoms with van der Waals surface area (Å²) in [6, 6.07) is -0.413. The number of nitrogens with zero attached hydrogens (tertiary/aromatic N) is 4. The van der Waals surface area contributed by atoms with Gasteiger partial charge in [-0.05, 0) is 13.8 Å². The number of amides is 2. The van der Waals surface area contributed by atoms with Crippen LogP contribution in [0.3, 0.4) is 0 Å². The van der Waals surface area contributed by atoms with E-state index in [0.29, 0.717) is 30.9 Å². The van der Waals surface area contributed by atoms with E-state index in [-0.39, 0.29) is 12.6 Å². The number of carbonyl (C=O) groups is 1. The number of primary amides is 1. The van der Waals surface area contributed by atoms with Crippen molar-refractivity contribution in [3.05, 3.63) is 5.82 Å². The highest BCUT2D eigenvalue weighted by Gasteiger charge is 2.16. The zero-order chi connectivity index (χ0) is 15.2. The number of nitrogens with two attached hydrogens (primary N) is 1. The van der Waals surface area contributed by atoms with Crippen LogP contribution in [-0.2, 0) is 11.3 Å². The average Bonchev–Trinajstić information content (AvgIpc) is 2.45. The first-order valence-electron chi connectivity index (χ1n) is 6.92. The predicted molar refractivity (Wildman–Crippen MR) is 78.0 cm³/mol. The van der Waals surface area contributed by atoms with Gasteiger partial charge in [-0.3, -0.25) is 0 Å². The van der Waals surface area contributed by atoms with Crippen molar-refractivity contribution in [2.24, 2.45) is 5.73 Å². The van der Waals surface area contributed by atoms with Crippen LogP contribution in [0.25, 0.3) is 0 Å². The molecule has 2 amide bonds. The van der Waals surface area contributed by atoms with E-state index < -0.39 is 6.03 Å². The number of urea groups is 1. The van der Waals surface area contributed by atoms with E-state index in [2.05, 4.69) is 25.6 Å². The summed E-state index contributed by atoms with van der Waals surface area (Å²) in [5, 5.41) is 5.64. The molecule has 2 heterocycles. The Labute approximate surface area is 123 Å².